The Morgan fingerprint density at radius 3 is 2.92 bits per heavy atom. The maximum Gasteiger partial charge on any atom is 0.0720 e. The number of hydrogen-bond acceptors (Lipinski definition) is 2. The largest absolute Gasteiger partial charge is 0.326 e. The average molecular weight is 193 g/mol. The lowest BCUT2D eigenvalue weighted by Gasteiger charge is -2.02. The van der Waals surface area contributed by atoms with E-state index in [1.54, 1.807) is 6.20 Å². The van der Waals surface area contributed by atoms with Crippen LogP contribution in [0, 0.1) is 0 Å². The van der Waals surface area contributed by atoms with Crippen molar-refractivity contribution in [2.45, 2.75) is 6.54 Å². The summed E-state index contributed by atoms with van der Waals surface area (Å²) >= 11 is 5.84. The zero-order chi connectivity index (χ0) is 9.26. The molecule has 0 aliphatic carbocycles. The van der Waals surface area contributed by atoms with Crippen molar-refractivity contribution < 1.29 is 0 Å². The summed E-state index contributed by atoms with van der Waals surface area (Å²) in [4.78, 5) is 4.21. The van der Waals surface area contributed by atoms with Crippen LogP contribution in [-0.4, -0.2) is 4.98 Å². The summed E-state index contributed by atoms with van der Waals surface area (Å²) in [5, 5.41) is 1.78. The standard InChI is InChI=1S/C10H9ClN2/c11-8-1-2-9-7(6-12)3-4-13-10(9)5-8/h1-5H,6,12H2. The van der Waals surface area contributed by atoms with Gasteiger partial charge in [-0.2, -0.15) is 0 Å². The van der Waals surface area contributed by atoms with Gasteiger partial charge < -0.3 is 5.73 Å². The first kappa shape index (κ1) is 8.48. The van der Waals surface area contributed by atoms with Crippen LogP contribution in [0.2, 0.25) is 5.02 Å². The van der Waals surface area contributed by atoms with Crippen molar-refractivity contribution in [3.05, 3.63) is 41.0 Å². The highest BCUT2D eigenvalue weighted by molar-refractivity contribution is 6.31. The van der Waals surface area contributed by atoms with Crippen molar-refractivity contribution in [1.82, 2.24) is 4.98 Å². The molecule has 0 bridgehead atoms. The van der Waals surface area contributed by atoms with E-state index in [0.29, 0.717) is 11.6 Å². The second-order valence-corrected chi connectivity index (χ2v) is 3.27. The first-order valence-electron chi connectivity index (χ1n) is 4.04. The highest BCUT2D eigenvalue weighted by Gasteiger charge is 1.99. The molecule has 0 saturated carbocycles. The molecule has 1 heterocycles. The van der Waals surface area contributed by atoms with Crippen LogP contribution in [0.3, 0.4) is 0 Å². The maximum absolute atomic E-state index is 5.84. The van der Waals surface area contributed by atoms with Gasteiger partial charge in [0, 0.05) is 23.2 Å². The Morgan fingerprint density at radius 1 is 1.31 bits per heavy atom. The SMILES string of the molecule is NCc1ccnc2cc(Cl)ccc12. The van der Waals surface area contributed by atoms with Crippen LogP contribution in [0.25, 0.3) is 10.9 Å². The fraction of sp³-hybridized carbons (Fsp3) is 0.100. The molecule has 0 saturated heterocycles. The molecule has 3 heteroatoms. The van der Waals surface area contributed by atoms with Gasteiger partial charge in [-0.25, -0.2) is 0 Å². The summed E-state index contributed by atoms with van der Waals surface area (Å²) in [6.45, 7) is 0.528. The van der Waals surface area contributed by atoms with E-state index in [-0.39, 0.29) is 0 Å². The van der Waals surface area contributed by atoms with Gasteiger partial charge in [-0.15, -0.1) is 0 Å². The van der Waals surface area contributed by atoms with E-state index < -0.39 is 0 Å². The fourth-order valence-electron chi connectivity index (χ4n) is 1.36. The van der Waals surface area contributed by atoms with Crippen LogP contribution < -0.4 is 5.73 Å². The van der Waals surface area contributed by atoms with Crippen LogP contribution in [0.4, 0.5) is 0 Å². The van der Waals surface area contributed by atoms with Gasteiger partial charge in [-0.05, 0) is 23.8 Å². The zero-order valence-electron chi connectivity index (χ0n) is 7.00. The molecule has 13 heavy (non-hydrogen) atoms. The minimum atomic E-state index is 0.528. The number of nitrogens with two attached hydrogens (primary N) is 1. The summed E-state index contributed by atoms with van der Waals surface area (Å²) in [6.07, 6.45) is 1.75. The zero-order valence-corrected chi connectivity index (χ0v) is 7.75. The summed E-state index contributed by atoms with van der Waals surface area (Å²) in [7, 11) is 0. The molecule has 0 amide bonds. The molecule has 1 aromatic heterocycles. The van der Waals surface area contributed by atoms with Gasteiger partial charge in [0.05, 0.1) is 5.52 Å². The van der Waals surface area contributed by atoms with Crippen molar-refractivity contribution in [2.75, 3.05) is 0 Å². The third-order valence-corrected chi connectivity index (χ3v) is 2.25. The Kier molecular flexibility index (Phi) is 2.17. The van der Waals surface area contributed by atoms with Gasteiger partial charge in [0.15, 0.2) is 0 Å². The van der Waals surface area contributed by atoms with Gasteiger partial charge in [0.1, 0.15) is 0 Å². The van der Waals surface area contributed by atoms with Crippen LogP contribution in [-0.2, 0) is 6.54 Å². The molecule has 0 fully saturated rings. The molecule has 2 nitrogen and oxygen atoms in total. The molecule has 0 spiro atoms. The number of rotatable bonds is 1. The van der Waals surface area contributed by atoms with Crippen LogP contribution in [0.5, 0.6) is 0 Å². The molecule has 2 rings (SSSR count). The first-order chi connectivity index (χ1) is 6.31. The van der Waals surface area contributed by atoms with Gasteiger partial charge in [-0.1, -0.05) is 17.7 Å². The lowest BCUT2D eigenvalue weighted by atomic mass is 10.1. The third-order valence-electron chi connectivity index (χ3n) is 2.01. The third kappa shape index (κ3) is 1.50. The molecule has 0 aliphatic heterocycles. The Morgan fingerprint density at radius 2 is 2.15 bits per heavy atom. The second kappa shape index (κ2) is 3.32. The summed E-state index contributed by atoms with van der Waals surface area (Å²) in [6, 6.07) is 7.57. The van der Waals surface area contributed by atoms with E-state index in [9.17, 15) is 0 Å². The predicted octanol–water partition coefficient (Wildman–Crippen LogP) is 2.35. The van der Waals surface area contributed by atoms with Crippen molar-refractivity contribution in [3.8, 4) is 0 Å². The number of halogens is 1. The average Bonchev–Trinajstić information content (AvgIpc) is 2.16. The molecule has 0 radical (unpaired) electrons. The second-order valence-electron chi connectivity index (χ2n) is 2.84. The van der Waals surface area contributed by atoms with Crippen LogP contribution in [0.15, 0.2) is 30.5 Å². The molecule has 0 atom stereocenters. The Balaban J connectivity index is 2.77. The number of benzene rings is 1. The smallest absolute Gasteiger partial charge is 0.0720 e. The van der Waals surface area contributed by atoms with Crippen LogP contribution >= 0.6 is 11.6 Å². The Bertz CT molecular complexity index is 440. The van der Waals surface area contributed by atoms with E-state index in [2.05, 4.69) is 4.98 Å². The lowest BCUT2D eigenvalue weighted by Crippen LogP contribution is -1.97. The van der Waals surface area contributed by atoms with Gasteiger partial charge in [0.25, 0.3) is 0 Å². The normalized spacial score (nSPS) is 10.6. The number of pyridine rings is 1. The molecule has 0 unspecified atom stereocenters. The van der Waals surface area contributed by atoms with E-state index in [4.69, 9.17) is 17.3 Å². The van der Waals surface area contributed by atoms with E-state index in [0.717, 1.165) is 16.5 Å². The monoisotopic (exact) mass is 192 g/mol. The quantitative estimate of drug-likeness (QED) is 0.754. The number of fused-ring (bicyclic) bond motifs is 1. The number of nitrogens with zero attached hydrogens (tertiary/aromatic N) is 1. The van der Waals surface area contributed by atoms with Gasteiger partial charge >= 0.3 is 0 Å². The van der Waals surface area contributed by atoms with Gasteiger partial charge in [-0.3, -0.25) is 4.98 Å². The maximum atomic E-state index is 5.84. The van der Waals surface area contributed by atoms with Crippen LogP contribution in [0.1, 0.15) is 5.56 Å². The molecule has 0 aliphatic rings. The Labute approximate surface area is 81.3 Å². The van der Waals surface area contributed by atoms with Gasteiger partial charge in [0.2, 0.25) is 0 Å². The summed E-state index contributed by atoms with van der Waals surface area (Å²) in [5.74, 6) is 0. The van der Waals surface area contributed by atoms with Crippen molar-refractivity contribution >= 4 is 22.5 Å². The van der Waals surface area contributed by atoms with Crippen molar-refractivity contribution in [1.29, 1.82) is 0 Å². The summed E-state index contributed by atoms with van der Waals surface area (Å²) < 4.78 is 0. The minimum absolute atomic E-state index is 0.528. The van der Waals surface area contributed by atoms with Crippen molar-refractivity contribution in [2.24, 2.45) is 5.73 Å². The number of aromatic nitrogens is 1. The highest BCUT2D eigenvalue weighted by atomic mass is 35.5. The molecule has 66 valence electrons. The molecule has 2 aromatic rings. The van der Waals surface area contributed by atoms with E-state index in [1.807, 2.05) is 24.3 Å². The topological polar surface area (TPSA) is 38.9 Å². The summed E-state index contributed by atoms with van der Waals surface area (Å²) in [5.41, 5.74) is 7.59. The molecule has 2 N–H and O–H groups in total. The number of hydrogen-bond donors (Lipinski definition) is 1. The molecule has 1 aromatic carbocycles. The van der Waals surface area contributed by atoms with E-state index in [1.165, 1.54) is 0 Å². The highest BCUT2D eigenvalue weighted by Crippen LogP contribution is 2.20. The van der Waals surface area contributed by atoms with E-state index >= 15 is 0 Å². The molecular weight excluding hydrogens is 184 g/mol. The minimum Gasteiger partial charge on any atom is -0.326 e. The molecular formula is C10H9ClN2. The predicted molar refractivity (Wildman–Crippen MR) is 54.6 cm³/mol. The fourth-order valence-corrected chi connectivity index (χ4v) is 1.52. The first-order valence-corrected chi connectivity index (χ1v) is 4.42. The lowest BCUT2D eigenvalue weighted by molar-refractivity contribution is 1.08. The van der Waals surface area contributed by atoms with Crippen molar-refractivity contribution in [3.63, 3.8) is 0 Å². The Hall–Kier alpha value is -1.12.